The number of rotatable bonds is 2. The Bertz CT molecular complexity index is 237. The summed E-state index contributed by atoms with van der Waals surface area (Å²) in [7, 11) is 0. The lowest BCUT2D eigenvalue weighted by Crippen LogP contribution is -1.95. The normalized spacial score (nSPS) is 13.0. The Balaban J connectivity index is 2.93. The molecule has 0 aromatic carbocycles. The van der Waals surface area contributed by atoms with E-state index in [-0.39, 0.29) is 0 Å². The Kier molecular flexibility index (Phi) is 3.52. The van der Waals surface area contributed by atoms with Crippen molar-refractivity contribution in [3.63, 3.8) is 0 Å². The van der Waals surface area contributed by atoms with E-state index < -0.39 is 0 Å². The maximum absolute atomic E-state index is 4.00. The monoisotopic (exact) mass is 277 g/mol. The largest absolute Gasteiger partial charge is 0.264 e. The predicted molar refractivity (Wildman–Crippen MR) is 54.1 cm³/mol. The molecule has 60 valence electrons. The molecule has 3 heteroatoms. The van der Waals surface area contributed by atoms with Gasteiger partial charge >= 0.3 is 0 Å². The molecule has 0 bridgehead atoms. The standard InChI is InChI=1S/C8H9Br2N/c1-6(4-9)7-2-3-11-5-8(7)10/h2-3,5-6H,4H2,1H3. The zero-order chi connectivity index (χ0) is 8.27. The molecule has 0 aliphatic rings. The molecule has 1 aromatic rings. The molecule has 0 saturated carbocycles. The quantitative estimate of drug-likeness (QED) is 0.756. The second kappa shape index (κ2) is 4.21. The Morgan fingerprint density at radius 1 is 1.64 bits per heavy atom. The summed E-state index contributed by atoms with van der Waals surface area (Å²) in [5.41, 5.74) is 1.30. The Morgan fingerprint density at radius 2 is 2.36 bits per heavy atom. The van der Waals surface area contributed by atoms with Gasteiger partial charge in [0.15, 0.2) is 0 Å². The molecule has 11 heavy (non-hydrogen) atoms. The van der Waals surface area contributed by atoms with Gasteiger partial charge in [-0.1, -0.05) is 22.9 Å². The number of nitrogens with zero attached hydrogens (tertiary/aromatic N) is 1. The number of pyridine rings is 1. The lowest BCUT2D eigenvalue weighted by Gasteiger charge is -2.08. The van der Waals surface area contributed by atoms with Gasteiger partial charge in [0.1, 0.15) is 0 Å². The van der Waals surface area contributed by atoms with Crippen LogP contribution in [-0.2, 0) is 0 Å². The van der Waals surface area contributed by atoms with Crippen molar-refractivity contribution in [2.24, 2.45) is 0 Å². The van der Waals surface area contributed by atoms with Gasteiger partial charge in [0.2, 0.25) is 0 Å². The van der Waals surface area contributed by atoms with Crippen LogP contribution >= 0.6 is 31.9 Å². The summed E-state index contributed by atoms with van der Waals surface area (Å²) in [5.74, 6) is 0.535. The van der Waals surface area contributed by atoms with E-state index in [1.807, 2.05) is 18.5 Å². The van der Waals surface area contributed by atoms with Crippen molar-refractivity contribution in [2.75, 3.05) is 5.33 Å². The summed E-state index contributed by atoms with van der Waals surface area (Å²) in [6, 6.07) is 2.04. The van der Waals surface area contributed by atoms with Crippen LogP contribution in [-0.4, -0.2) is 10.3 Å². The molecule has 1 rings (SSSR count). The van der Waals surface area contributed by atoms with E-state index >= 15 is 0 Å². The third-order valence-electron chi connectivity index (χ3n) is 1.57. The molecular weight excluding hydrogens is 270 g/mol. The average molecular weight is 279 g/mol. The summed E-state index contributed by atoms with van der Waals surface area (Å²) in [6.07, 6.45) is 3.65. The van der Waals surface area contributed by atoms with Crippen LogP contribution in [0.3, 0.4) is 0 Å². The van der Waals surface area contributed by atoms with E-state index in [9.17, 15) is 0 Å². The number of hydrogen-bond acceptors (Lipinski definition) is 1. The number of halogens is 2. The van der Waals surface area contributed by atoms with Crippen molar-refractivity contribution in [1.29, 1.82) is 0 Å². The topological polar surface area (TPSA) is 12.9 Å². The average Bonchev–Trinajstić information content (AvgIpc) is 2.04. The number of aromatic nitrogens is 1. The zero-order valence-corrected chi connectivity index (χ0v) is 9.39. The summed E-state index contributed by atoms with van der Waals surface area (Å²) < 4.78 is 1.09. The van der Waals surface area contributed by atoms with Gasteiger partial charge in [-0.25, -0.2) is 0 Å². The SMILES string of the molecule is CC(CBr)c1ccncc1Br. The van der Waals surface area contributed by atoms with Crippen LogP contribution in [0.1, 0.15) is 18.4 Å². The van der Waals surface area contributed by atoms with Crippen molar-refractivity contribution in [2.45, 2.75) is 12.8 Å². The van der Waals surface area contributed by atoms with Gasteiger partial charge in [0.05, 0.1) is 0 Å². The van der Waals surface area contributed by atoms with E-state index in [4.69, 9.17) is 0 Å². The van der Waals surface area contributed by atoms with E-state index in [0.717, 1.165) is 9.80 Å². The molecule has 0 fully saturated rings. The maximum atomic E-state index is 4.00. The molecule has 1 unspecified atom stereocenters. The smallest absolute Gasteiger partial charge is 0.0413 e. The van der Waals surface area contributed by atoms with Gasteiger partial charge < -0.3 is 0 Å². The third-order valence-corrected chi connectivity index (χ3v) is 3.20. The van der Waals surface area contributed by atoms with Gasteiger partial charge in [-0.05, 0) is 33.5 Å². The first-order chi connectivity index (χ1) is 5.25. The van der Waals surface area contributed by atoms with E-state index in [2.05, 4.69) is 43.8 Å². The van der Waals surface area contributed by atoms with Crippen LogP contribution in [0.15, 0.2) is 22.9 Å². The zero-order valence-electron chi connectivity index (χ0n) is 6.22. The van der Waals surface area contributed by atoms with Gasteiger partial charge in [0.25, 0.3) is 0 Å². The maximum Gasteiger partial charge on any atom is 0.0413 e. The van der Waals surface area contributed by atoms with Crippen LogP contribution in [0.2, 0.25) is 0 Å². The first kappa shape index (κ1) is 9.20. The lowest BCUT2D eigenvalue weighted by molar-refractivity contribution is 0.877. The summed E-state index contributed by atoms with van der Waals surface area (Å²) in [5, 5.41) is 0.982. The molecule has 1 heterocycles. The minimum atomic E-state index is 0.535. The molecule has 0 aliphatic heterocycles. The van der Waals surface area contributed by atoms with E-state index in [0.29, 0.717) is 5.92 Å². The number of hydrogen-bond donors (Lipinski definition) is 0. The summed E-state index contributed by atoms with van der Waals surface area (Å²) in [4.78, 5) is 4.00. The second-order valence-corrected chi connectivity index (χ2v) is 3.95. The van der Waals surface area contributed by atoms with Gasteiger partial charge in [-0.3, -0.25) is 4.98 Å². The van der Waals surface area contributed by atoms with E-state index in [1.54, 1.807) is 0 Å². The Morgan fingerprint density at radius 3 is 2.91 bits per heavy atom. The minimum Gasteiger partial charge on any atom is -0.264 e. The van der Waals surface area contributed by atoms with Crippen LogP contribution in [0.25, 0.3) is 0 Å². The highest BCUT2D eigenvalue weighted by Gasteiger charge is 2.06. The highest BCUT2D eigenvalue weighted by atomic mass is 79.9. The predicted octanol–water partition coefficient (Wildman–Crippen LogP) is 3.34. The lowest BCUT2D eigenvalue weighted by atomic mass is 10.1. The van der Waals surface area contributed by atoms with Crippen LogP contribution < -0.4 is 0 Å². The van der Waals surface area contributed by atoms with Crippen LogP contribution in [0, 0.1) is 0 Å². The number of alkyl halides is 1. The van der Waals surface area contributed by atoms with Crippen LogP contribution in [0.5, 0.6) is 0 Å². The fourth-order valence-electron chi connectivity index (χ4n) is 0.869. The molecule has 0 saturated heterocycles. The summed E-state index contributed by atoms with van der Waals surface area (Å²) in [6.45, 7) is 2.18. The second-order valence-electron chi connectivity index (χ2n) is 2.45. The Hall–Kier alpha value is 0.110. The fourth-order valence-corrected chi connectivity index (χ4v) is 1.86. The van der Waals surface area contributed by atoms with Gasteiger partial charge in [-0.15, -0.1) is 0 Å². The van der Waals surface area contributed by atoms with Crippen molar-refractivity contribution < 1.29 is 0 Å². The third kappa shape index (κ3) is 2.27. The summed E-state index contributed by atoms with van der Waals surface area (Å²) >= 11 is 6.90. The molecule has 1 nitrogen and oxygen atoms in total. The molecule has 0 N–H and O–H groups in total. The van der Waals surface area contributed by atoms with Crippen molar-refractivity contribution in [3.05, 3.63) is 28.5 Å². The fraction of sp³-hybridized carbons (Fsp3) is 0.375. The highest BCUT2D eigenvalue weighted by Crippen LogP contribution is 2.24. The van der Waals surface area contributed by atoms with Crippen molar-refractivity contribution in [3.8, 4) is 0 Å². The Labute approximate surface area is 83.5 Å². The molecule has 1 aromatic heterocycles. The highest BCUT2D eigenvalue weighted by molar-refractivity contribution is 9.10. The first-order valence-corrected chi connectivity index (χ1v) is 5.32. The molecular formula is C8H9Br2N. The molecule has 1 atom stereocenters. The minimum absolute atomic E-state index is 0.535. The van der Waals surface area contributed by atoms with Crippen LogP contribution in [0.4, 0.5) is 0 Å². The molecule has 0 radical (unpaired) electrons. The van der Waals surface area contributed by atoms with Crippen molar-refractivity contribution >= 4 is 31.9 Å². The van der Waals surface area contributed by atoms with Crippen molar-refractivity contribution in [1.82, 2.24) is 4.98 Å². The van der Waals surface area contributed by atoms with Gasteiger partial charge in [-0.2, -0.15) is 0 Å². The van der Waals surface area contributed by atoms with E-state index in [1.165, 1.54) is 5.56 Å². The van der Waals surface area contributed by atoms with Gasteiger partial charge in [0, 0.05) is 22.2 Å². The molecule has 0 spiro atoms. The first-order valence-electron chi connectivity index (χ1n) is 3.41. The molecule has 0 aliphatic carbocycles. The molecule has 0 amide bonds.